The van der Waals surface area contributed by atoms with Crippen LogP contribution < -0.4 is 4.74 Å². The fraction of sp³-hybridized carbons (Fsp3) is 0.513. The summed E-state index contributed by atoms with van der Waals surface area (Å²) in [4.78, 5) is 70.6. The highest BCUT2D eigenvalue weighted by Crippen LogP contribution is 2.69. The number of carbonyl (C=O) groups is 5. The van der Waals surface area contributed by atoms with Crippen LogP contribution in [-0.2, 0) is 38.2 Å². The Bertz CT molecular complexity index is 1720. The molecule has 2 heterocycles. The first kappa shape index (κ1) is 34.4. The number of fused-ring (bicyclic) bond motifs is 6. The average molecular weight is 673 g/mol. The third-order valence-electron chi connectivity index (χ3n) is 12.1. The van der Waals surface area contributed by atoms with Crippen molar-refractivity contribution >= 4 is 29.7 Å². The fourth-order valence-electron chi connectivity index (χ4n) is 9.85. The van der Waals surface area contributed by atoms with Crippen LogP contribution in [0.2, 0.25) is 0 Å². The topological polar surface area (TPSA) is 135 Å². The van der Waals surface area contributed by atoms with Crippen LogP contribution >= 0.6 is 0 Å². The van der Waals surface area contributed by atoms with E-state index in [0.29, 0.717) is 18.6 Å². The summed E-state index contributed by atoms with van der Waals surface area (Å²) in [6.07, 6.45) is 7.28. The van der Waals surface area contributed by atoms with Crippen molar-refractivity contribution in [2.24, 2.45) is 51.8 Å². The molecule has 6 rings (SSSR count). The molecule has 3 fully saturated rings. The molecule has 49 heavy (non-hydrogen) atoms. The molecule has 0 unspecified atom stereocenters. The van der Waals surface area contributed by atoms with Gasteiger partial charge in [0.25, 0.3) is 0 Å². The number of carbonyl (C=O) groups excluding carboxylic acids is 5. The molecule has 0 spiro atoms. The maximum Gasteiger partial charge on any atom is 0.326 e. The molecule has 9 atom stereocenters. The number of allylic oxidation sites excluding steroid dienone is 4. The number of Topliss-reactive ketones (excluding diaryl/α,β-unsaturated/α-hetero) is 1. The first-order chi connectivity index (χ1) is 23.2. The van der Waals surface area contributed by atoms with E-state index in [0.717, 1.165) is 11.1 Å². The number of hydrogen-bond donors (Lipinski definition) is 0. The van der Waals surface area contributed by atoms with Crippen molar-refractivity contribution in [3.8, 4) is 5.75 Å². The standard InChI is InChI=1S/C39H44O10/c1-8-21(2)47-36(44)30-25-18-24-26(14-16-38(5)27(24)19-28(40)49-33(38)22-15-17-46-20-22)39(6,32(25)41)31(37(30,3)4)29(34(42)45-7)35(43)48-23-12-10-9-11-13-23/h8-13,15,17-18,20,25-27,29-31,33H,14,16,19H2,1-7H3/b21-8+/t25-,26-,27-,29+,30-,31-,33-,38+,39+/m0/s1. The molecule has 2 aromatic rings. The van der Waals surface area contributed by atoms with Gasteiger partial charge in [0.15, 0.2) is 5.92 Å². The monoisotopic (exact) mass is 672 g/mol. The van der Waals surface area contributed by atoms with Crippen LogP contribution in [0.5, 0.6) is 5.75 Å². The number of rotatable bonds is 7. The van der Waals surface area contributed by atoms with Gasteiger partial charge in [0.2, 0.25) is 0 Å². The molecular formula is C39H44O10. The molecule has 1 saturated heterocycles. The lowest BCUT2D eigenvalue weighted by Crippen LogP contribution is -2.68. The number of hydrogen-bond acceptors (Lipinski definition) is 10. The van der Waals surface area contributed by atoms with Gasteiger partial charge in [-0.15, -0.1) is 0 Å². The number of furan rings is 1. The molecule has 2 saturated carbocycles. The smallest absolute Gasteiger partial charge is 0.326 e. The third kappa shape index (κ3) is 5.34. The first-order valence-corrected chi connectivity index (χ1v) is 16.9. The van der Waals surface area contributed by atoms with Gasteiger partial charge >= 0.3 is 23.9 Å². The molecule has 0 amide bonds. The van der Waals surface area contributed by atoms with Crippen molar-refractivity contribution in [3.63, 3.8) is 0 Å². The SMILES string of the molecule is C/C=C(\C)OC(=O)[C@@H]1[C@@H]2C=C3[C@@H]4CC(=O)O[C@@H](c5ccoc5)[C@]4(C)CC[C@@H]3[C@@](C)(C2=O)[C@@H]([C@H](C(=O)OC)C(=O)Oc2ccccc2)C1(C)C. The van der Waals surface area contributed by atoms with Crippen molar-refractivity contribution in [2.75, 3.05) is 7.11 Å². The number of esters is 4. The predicted octanol–water partition coefficient (Wildman–Crippen LogP) is 6.57. The van der Waals surface area contributed by atoms with Gasteiger partial charge in [-0.05, 0) is 68.2 Å². The highest BCUT2D eigenvalue weighted by Gasteiger charge is 2.72. The van der Waals surface area contributed by atoms with E-state index in [2.05, 4.69) is 6.92 Å². The van der Waals surface area contributed by atoms with Gasteiger partial charge in [0.05, 0.1) is 37.9 Å². The van der Waals surface area contributed by atoms with Crippen LogP contribution in [0.1, 0.15) is 72.5 Å². The molecule has 10 heteroatoms. The van der Waals surface area contributed by atoms with Crippen molar-refractivity contribution < 1.29 is 47.3 Å². The maximum atomic E-state index is 15.0. The van der Waals surface area contributed by atoms with Crippen molar-refractivity contribution in [1.29, 1.82) is 0 Å². The molecule has 1 aliphatic heterocycles. The quantitative estimate of drug-likeness (QED) is 0.0794. The van der Waals surface area contributed by atoms with E-state index in [1.807, 2.05) is 26.8 Å². The molecule has 3 aliphatic carbocycles. The van der Waals surface area contributed by atoms with E-state index in [4.69, 9.17) is 23.4 Å². The molecule has 0 N–H and O–H groups in total. The maximum absolute atomic E-state index is 15.0. The molecule has 1 aromatic heterocycles. The Morgan fingerprint density at radius 1 is 1.00 bits per heavy atom. The minimum atomic E-state index is -1.56. The van der Waals surface area contributed by atoms with Crippen LogP contribution in [0.15, 0.2) is 76.8 Å². The number of ketones is 1. The normalized spacial score (nSPS) is 33.9. The minimum absolute atomic E-state index is 0.0848. The Kier molecular flexibility index (Phi) is 8.74. The molecule has 4 aliphatic rings. The molecule has 260 valence electrons. The number of cyclic esters (lactones) is 1. The Labute approximate surface area is 286 Å². The number of methoxy groups -OCH3 is 1. The van der Waals surface area contributed by atoms with Crippen molar-refractivity contribution in [2.45, 2.75) is 66.9 Å². The number of ether oxygens (including phenoxy) is 4. The summed E-state index contributed by atoms with van der Waals surface area (Å²) < 4.78 is 28.2. The van der Waals surface area contributed by atoms with Crippen molar-refractivity contribution in [3.05, 3.63) is 78.0 Å². The molecule has 10 nitrogen and oxygen atoms in total. The second-order valence-electron chi connectivity index (χ2n) is 15.0. The summed E-state index contributed by atoms with van der Waals surface area (Å²) >= 11 is 0. The highest BCUT2D eigenvalue weighted by atomic mass is 16.6. The zero-order chi connectivity index (χ0) is 35.5. The lowest BCUT2D eigenvalue weighted by atomic mass is 9.37. The molecule has 1 aromatic carbocycles. The Hall–Kier alpha value is -4.47. The number of benzene rings is 1. The predicted molar refractivity (Wildman–Crippen MR) is 175 cm³/mol. The van der Waals surface area contributed by atoms with E-state index in [1.54, 1.807) is 68.8 Å². The summed E-state index contributed by atoms with van der Waals surface area (Å²) in [7, 11) is 1.19. The highest BCUT2D eigenvalue weighted by molar-refractivity contribution is 6.01. The van der Waals surface area contributed by atoms with Gasteiger partial charge in [-0.2, -0.15) is 0 Å². The van der Waals surface area contributed by atoms with Crippen LogP contribution in [0.4, 0.5) is 0 Å². The zero-order valence-electron chi connectivity index (χ0n) is 29.0. The van der Waals surface area contributed by atoms with Gasteiger partial charge in [0.1, 0.15) is 23.4 Å². The van der Waals surface area contributed by atoms with Crippen molar-refractivity contribution in [1.82, 2.24) is 0 Å². The van der Waals surface area contributed by atoms with Gasteiger partial charge in [-0.1, -0.05) is 57.5 Å². The third-order valence-corrected chi connectivity index (χ3v) is 12.1. The Balaban J connectivity index is 1.54. The van der Waals surface area contributed by atoms with Gasteiger partial charge in [-0.3, -0.25) is 24.0 Å². The van der Waals surface area contributed by atoms with E-state index in [9.17, 15) is 19.2 Å². The summed E-state index contributed by atoms with van der Waals surface area (Å²) in [5.74, 6) is -7.82. The second kappa shape index (κ2) is 12.4. The molecule has 2 bridgehead atoms. The summed E-state index contributed by atoms with van der Waals surface area (Å²) in [5.41, 5.74) is -1.42. The summed E-state index contributed by atoms with van der Waals surface area (Å²) in [6.45, 7) is 10.9. The summed E-state index contributed by atoms with van der Waals surface area (Å²) in [5, 5.41) is 0. The van der Waals surface area contributed by atoms with Crippen LogP contribution in [0, 0.1) is 51.8 Å². The molecule has 0 radical (unpaired) electrons. The van der Waals surface area contributed by atoms with Gasteiger partial charge < -0.3 is 23.4 Å². The first-order valence-electron chi connectivity index (χ1n) is 16.9. The lowest BCUT2D eigenvalue weighted by Gasteiger charge is -2.64. The molecular weight excluding hydrogens is 628 g/mol. The van der Waals surface area contributed by atoms with Crippen LogP contribution in [0.3, 0.4) is 0 Å². The number of para-hydroxylation sites is 1. The Morgan fingerprint density at radius 3 is 2.35 bits per heavy atom. The minimum Gasteiger partial charge on any atom is -0.472 e. The van der Waals surface area contributed by atoms with Gasteiger partial charge in [0, 0.05) is 22.3 Å². The van der Waals surface area contributed by atoms with Gasteiger partial charge in [-0.25, -0.2) is 0 Å². The van der Waals surface area contributed by atoms with E-state index >= 15 is 4.79 Å². The fourth-order valence-corrected chi connectivity index (χ4v) is 9.85. The average Bonchev–Trinajstić information content (AvgIpc) is 3.60. The zero-order valence-corrected chi connectivity index (χ0v) is 29.0. The van der Waals surface area contributed by atoms with E-state index in [-0.39, 0.29) is 29.8 Å². The Morgan fingerprint density at radius 2 is 1.71 bits per heavy atom. The lowest BCUT2D eigenvalue weighted by molar-refractivity contribution is -0.197. The second-order valence-corrected chi connectivity index (χ2v) is 15.0. The largest absolute Gasteiger partial charge is 0.472 e. The van der Waals surface area contributed by atoms with E-state index in [1.165, 1.54) is 7.11 Å². The van der Waals surface area contributed by atoms with Crippen LogP contribution in [-0.4, -0.2) is 36.8 Å². The van der Waals surface area contributed by atoms with Crippen LogP contribution in [0.25, 0.3) is 0 Å². The van der Waals surface area contributed by atoms with E-state index < -0.39 is 69.8 Å². The summed E-state index contributed by atoms with van der Waals surface area (Å²) in [6, 6.07) is 10.2.